The number of ether oxygens (including phenoxy) is 2. The van der Waals surface area contributed by atoms with E-state index < -0.39 is 12.0 Å². The van der Waals surface area contributed by atoms with Gasteiger partial charge < -0.3 is 20.1 Å². The molecule has 1 aliphatic heterocycles. The lowest BCUT2D eigenvalue weighted by atomic mass is 9.91. The normalized spacial score (nSPS) is 17.0. The van der Waals surface area contributed by atoms with E-state index in [4.69, 9.17) is 21.1 Å². The van der Waals surface area contributed by atoms with Crippen LogP contribution in [-0.2, 0) is 9.53 Å². The van der Waals surface area contributed by atoms with Gasteiger partial charge in [-0.25, -0.2) is 9.59 Å². The van der Waals surface area contributed by atoms with Crippen molar-refractivity contribution in [2.75, 3.05) is 13.2 Å². The number of hydrogen-bond acceptors (Lipinski definition) is 4. The first-order valence-corrected chi connectivity index (χ1v) is 9.17. The smallest absolute Gasteiger partial charge is 0.338 e. The predicted molar refractivity (Wildman–Crippen MR) is 100 cm³/mol. The van der Waals surface area contributed by atoms with Gasteiger partial charge in [-0.15, -0.1) is 0 Å². The van der Waals surface area contributed by atoms with Crippen LogP contribution in [0.15, 0.2) is 29.5 Å². The number of benzene rings is 1. The standard InChI is InChI=1S/C19H25ClN2O4/c1-5-9-26-14-8-7-12(10-13(14)20)17-15(18(23)25-6-2)16(11(3)4)21-19(24)22-17/h7-8,10-11,17H,5-6,9H2,1-4H3,(H2,21,22,24). The lowest BCUT2D eigenvalue weighted by molar-refractivity contribution is -0.139. The Hall–Kier alpha value is -2.21. The fraction of sp³-hybridized carbons (Fsp3) is 0.474. The van der Waals surface area contributed by atoms with Crippen molar-refractivity contribution >= 4 is 23.6 Å². The van der Waals surface area contributed by atoms with E-state index in [9.17, 15) is 9.59 Å². The second-order valence-corrected chi connectivity index (χ2v) is 6.68. The van der Waals surface area contributed by atoms with Gasteiger partial charge in [-0.05, 0) is 37.0 Å². The largest absolute Gasteiger partial charge is 0.492 e. The molecule has 0 spiro atoms. The molecule has 0 fully saturated rings. The van der Waals surface area contributed by atoms with Gasteiger partial charge in [0.05, 0.1) is 29.9 Å². The molecule has 0 saturated carbocycles. The van der Waals surface area contributed by atoms with Crippen LogP contribution in [0.1, 0.15) is 45.7 Å². The number of rotatable bonds is 7. The Morgan fingerprint density at radius 2 is 2.04 bits per heavy atom. The monoisotopic (exact) mass is 380 g/mol. The van der Waals surface area contributed by atoms with Gasteiger partial charge in [0.15, 0.2) is 0 Å². The molecule has 26 heavy (non-hydrogen) atoms. The number of nitrogens with one attached hydrogen (secondary N) is 2. The van der Waals surface area contributed by atoms with Crippen molar-refractivity contribution in [1.82, 2.24) is 10.6 Å². The summed E-state index contributed by atoms with van der Waals surface area (Å²) < 4.78 is 10.8. The van der Waals surface area contributed by atoms with Gasteiger partial charge in [0.25, 0.3) is 0 Å². The van der Waals surface area contributed by atoms with E-state index in [0.29, 0.717) is 34.2 Å². The SMILES string of the molecule is CCCOc1ccc(C2NC(=O)NC(C(C)C)=C2C(=O)OCC)cc1Cl. The van der Waals surface area contributed by atoms with Gasteiger partial charge in [0.1, 0.15) is 5.75 Å². The average molecular weight is 381 g/mol. The van der Waals surface area contributed by atoms with Crippen LogP contribution in [0.25, 0.3) is 0 Å². The molecule has 0 aromatic heterocycles. The zero-order chi connectivity index (χ0) is 19.3. The second-order valence-electron chi connectivity index (χ2n) is 6.27. The Balaban J connectivity index is 2.47. The first kappa shape index (κ1) is 20.1. The zero-order valence-corrected chi connectivity index (χ0v) is 16.3. The summed E-state index contributed by atoms with van der Waals surface area (Å²) in [6.07, 6.45) is 0.871. The summed E-state index contributed by atoms with van der Waals surface area (Å²) in [7, 11) is 0. The van der Waals surface area contributed by atoms with Crippen molar-refractivity contribution in [3.05, 3.63) is 40.1 Å². The first-order chi connectivity index (χ1) is 12.4. The second kappa shape index (κ2) is 8.94. The fourth-order valence-corrected chi connectivity index (χ4v) is 3.00. The molecular weight excluding hydrogens is 356 g/mol. The number of allylic oxidation sites excluding steroid dienone is 1. The maximum atomic E-state index is 12.6. The third kappa shape index (κ3) is 4.49. The summed E-state index contributed by atoms with van der Waals surface area (Å²) >= 11 is 6.32. The zero-order valence-electron chi connectivity index (χ0n) is 15.5. The van der Waals surface area contributed by atoms with E-state index in [1.165, 1.54) is 0 Å². The highest BCUT2D eigenvalue weighted by Crippen LogP contribution is 2.34. The minimum absolute atomic E-state index is 0.0504. The Morgan fingerprint density at radius 3 is 2.62 bits per heavy atom. The summed E-state index contributed by atoms with van der Waals surface area (Å²) in [5.41, 5.74) is 1.63. The third-order valence-electron chi connectivity index (χ3n) is 3.93. The first-order valence-electron chi connectivity index (χ1n) is 8.79. The molecule has 1 unspecified atom stereocenters. The molecule has 2 amide bonds. The van der Waals surface area contributed by atoms with E-state index in [1.54, 1.807) is 25.1 Å². The van der Waals surface area contributed by atoms with Crippen molar-refractivity contribution in [1.29, 1.82) is 0 Å². The average Bonchev–Trinajstić information content (AvgIpc) is 2.60. The molecule has 0 radical (unpaired) electrons. The van der Waals surface area contributed by atoms with E-state index in [-0.39, 0.29) is 18.6 Å². The number of hydrogen-bond donors (Lipinski definition) is 2. The molecule has 2 N–H and O–H groups in total. The number of urea groups is 1. The van der Waals surface area contributed by atoms with Crippen LogP contribution < -0.4 is 15.4 Å². The van der Waals surface area contributed by atoms with Crippen molar-refractivity contribution in [3.63, 3.8) is 0 Å². The lowest BCUT2D eigenvalue weighted by Gasteiger charge is -2.31. The van der Waals surface area contributed by atoms with Crippen LogP contribution in [-0.4, -0.2) is 25.2 Å². The van der Waals surface area contributed by atoms with E-state index in [2.05, 4.69) is 10.6 Å². The van der Waals surface area contributed by atoms with Crippen LogP contribution in [0.4, 0.5) is 4.79 Å². The van der Waals surface area contributed by atoms with Gasteiger partial charge in [-0.1, -0.05) is 38.4 Å². The third-order valence-corrected chi connectivity index (χ3v) is 4.22. The summed E-state index contributed by atoms with van der Waals surface area (Å²) in [5, 5.41) is 5.95. The molecule has 0 saturated heterocycles. The van der Waals surface area contributed by atoms with Gasteiger partial charge >= 0.3 is 12.0 Å². The lowest BCUT2D eigenvalue weighted by Crippen LogP contribution is -2.47. The van der Waals surface area contributed by atoms with Gasteiger partial charge in [-0.2, -0.15) is 0 Å². The highest BCUT2D eigenvalue weighted by Gasteiger charge is 2.34. The van der Waals surface area contributed by atoms with Crippen LogP contribution >= 0.6 is 11.6 Å². The van der Waals surface area contributed by atoms with E-state index in [0.717, 1.165) is 6.42 Å². The fourth-order valence-electron chi connectivity index (χ4n) is 2.75. The number of halogens is 1. The van der Waals surface area contributed by atoms with Crippen LogP contribution in [0.5, 0.6) is 5.75 Å². The molecule has 7 heteroatoms. The highest BCUT2D eigenvalue weighted by atomic mass is 35.5. The van der Waals surface area contributed by atoms with Crippen molar-refractivity contribution in [2.45, 2.75) is 40.2 Å². The number of carbonyl (C=O) groups is 2. The molecule has 1 heterocycles. The molecule has 1 aromatic carbocycles. The summed E-state index contributed by atoms with van der Waals surface area (Å²) in [4.78, 5) is 24.7. The van der Waals surface area contributed by atoms with Gasteiger partial charge in [0.2, 0.25) is 0 Å². The highest BCUT2D eigenvalue weighted by molar-refractivity contribution is 6.32. The molecular formula is C19H25ClN2O4. The van der Waals surface area contributed by atoms with Crippen LogP contribution in [0.3, 0.4) is 0 Å². The Morgan fingerprint density at radius 1 is 1.31 bits per heavy atom. The van der Waals surface area contributed by atoms with Crippen LogP contribution in [0.2, 0.25) is 5.02 Å². The topological polar surface area (TPSA) is 76.7 Å². The summed E-state index contributed by atoms with van der Waals surface area (Å²) in [5.74, 6) is 0.0602. The molecule has 0 bridgehead atoms. The quantitative estimate of drug-likeness (QED) is 0.702. The summed E-state index contributed by atoms with van der Waals surface area (Å²) in [6.45, 7) is 8.39. The minimum Gasteiger partial charge on any atom is -0.492 e. The van der Waals surface area contributed by atoms with Crippen molar-refractivity contribution < 1.29 is 19.1 Å². The minimum atomic E-state index is -0.641. The molecule has 1 atom stereocenters. The number of amides is 2. The van der Waals surface area contributed by atoms with Crippen molar-refractivity contribution in [3.8, 4) is 5.75 Å². The number of esters is 1. The Kier molecular flexibility index (Phi) is 6.91. The maximum Gasteiger partial charge on any atom is 0.338 e. The Bertz CT molecular complexity index is 715. The molecule has 1 aromatic rings. The number of carbonyl (C=O) groups excluding carboxylic acids is 2. The molecule has 1 aliphatic rings. The van der Waals surface area contributed by atoms with Crippen molar-refractivity contribution in [2.24, 2.45) is 5.92 Å². The maximum absolute atomic E-state index is 12.6. The molecule has 0 aliphatic carbocycles. The van der Waals surface area contributed by atoms with Gasteiger partial charge in [0, 0.05) is 5.70 Å². The van der Waals surface area contributed by atoms with Crippen LogP contribution in [0, 0.1) is 5.92 Å². The molecule has 2 rings (SSSR count). The Labute approximate surface area is 158 Å². The summed E-state index contributed by atoms with van der Waals surface area (Å²) in [6, 6.07) is 4.25. The van der Waals surface area contributed by atoms with Gasteiger partial charge in [-0.3, -0.25) is 0 Å². The van der Waals surface area contributed by atoms with E-state index >= 15 is 0 Å². The predicted octanol–water partition coefficient (Wildman–Crippen LogP) is 3.96. The molecule has 142 valence electrons. The molecule has 6 nitrogen and oxygen atoms in total. The van der Waals surface area contributed by atoms with E-state index in [1.807, 2.05) is 20.8 Å².